The Bertz CT molecular complexity index is 56.9. The largest absolute Gasteiger partial charge is 0.677 e. The second kappa shape index (κ2) is 6.53. The van der Waals surface area contributed by atoms with E-state index in [1.165, 1.54) is 0 Å². The molecule has 0 aliphatic carbocycles. The van der Waals surface area contributed by atoms with Gasteiger partial charge in [-0.1, -0.05) is 0 Å². The van der Waals surface area contributed by atoms with Gasteiger partial charge in [0.1, 0.15) is 0 Å². The molecule has 0 aromatic heterocycles. The molecule has 0 fully saturated rings. The summed E-state index contributed by atoms with van der Waals surface area (Å²) in [5, 5.41) is 7.79. The summed E-state index contributed by atoms with van der Waals surface area (Å²) in [6.07, 6.45) is -0.0417. The van der Waals surface area contributed by atoms with Crippen molar-refractivity contribution < 1.29 is 42.6 Å². The average Bonchev–Trinajstić information content (AvgIpc) is 1.35. The Balaban J connectivity index is 0. The van der Waals surface area contributed by atoms with Crippen molar-refractivity contribution in [1.82, 2.24) is 0 Å². The fourth-order valence-corrected chi connectivity index (χ4v) is 0.107. The number of nitrogens with one attached hydrogen (secondary N) is 1. The first-order chi connectivity index (χ1) is 2.77. The number of hydrogen-bond acceptors (Lipinski definition) is 1. The number of carboxylic acids is 1. The molecular weight excluding hydrogens is 171 g/mol. The Morgan fingerprint density at radius 1 is 1.71 bits per heavy atom. The van der Waals surface area contributed by atoms with Gasteiger partial charge in [0.05, 0.1) is 0 Å². The predicted octanol–water partition coefficient (Wildman–Crippen LogP) is 0.511. The van der Waals surface area contributed by atoms with Crippen LogP contribution in [-0.2, 0) is 37.5 Å². The minimum absolute atomic E-state index is 0. The number of hydrogen-bond donors (Lipinski definition) is 1. The summed E-state index contributed by atoms with van der Waals surface area (Å²) in [6, 6.07) is 0. The first kappa shape index (κ1) is 10.5. The van der Waals surface area contributed by atoms with Crippen molar-refractivity contribution in [2.75, 3.05) is 6.54 Å². The monoisotopic (exact) mass is 177 g/mol. The molecule has 0 spiro atoms. The van der Waals surface area contributed by atoms with Crippen LogP contribution in [0.15, 0.2) is 0 Å². The summed E-state index contributed by atoms with van der Waals surface area (Å²) < 4.78 is 0. The van der Waals surface area contributed by atoms with E-state index < -0.39 is 5.97 Å². The van der Waals surface area contributed by atoms with E-state index in [0.717, 1.165) is 0 Å². The molecule has 0 aromatic carbocycles. The fourth-order valence-electron chi connectivity index (χ4n) is 0.107. The molecule has 0 amide bonds. The van der Waals surface area contributed by atoms with Crippen LogP contribution >= 0.6 is 0 Å². The molecule has 0 unspecified atom stereocenters. The molecule has 0 rings (SSSR count). The number of aliphatic carboxylic acids is 1. The van der Waals surface area contributed by atoms with Crippen LogP contribution in [0.4, 0.5) is 0 Å². The van der Waals surface area contributed by atoms with Crippen molar-refractivity contribution in [2.45, 2.75) is 6.42 Å². The van der Waals surface area contributed by atoms with Gasteiger partial charge in [-0.25, -0.2) is 0 Å². The molecule has 0 saturated carbocycles. The van der Waals surface area contributed by atoms with Crippen LogP contribution in [-0.4, -0.2) is 17.6 Å². The first-order valence-electron chi connectivity index (χ1n) is 1.63. The third-order valence-corrected chi connectivity index (χ3v) is 0.339. The molecule has 4 heteroatoms. The van der Waals surface area contributed by atoms with Crippen LogP contribution in [0.25, 0.3) is 5.73 Å². The SMILES string of the molecule is [NH-]CCC(=O)O.[Y]. The molecule has 0 saturated heterocycles. The quantitative estimate of drug-likeness (QED) is 0.667. The van der Waals surface area contributed by atoms with Gasteiger partial charge in [-0.3, -0.25) is 4.79 Å². The molecule has 39 valence electrons. The van der Waals surface area contributed by atoms with E-state index in [1.54, 1.807) is 0 Å². The Morgan fingerprint density at radius 2 is 2.14 bits per heavy atom. The number of carboxylic acid groups (broad SMARTS) is 1. The van der Waals surface area contributed by atoms with Gasteiger partial charge in [0.25, 0.3) is 0 Å². The van der Waals surface area contributed by atoms with Gasteiger partial charge in [-0.15, -0.1) is 6.54 Å². The molecule has 0 aliphatic rings. The molecule has 7 heavy (non-hydrogen) atoms. The maximum absolute atomic E-state index is 9.48. The van der Waals surface area contributed by atoms with Crippen LogP contribution in [0.1, 0.15) is 6.42 Å². The van der Waals surface area contributed by atoms with Gasteiger partial charge in [0, 0.05) is 39.1 Å². The molecule has 0 heterocycles. The van der Waals surface area contributed by atoms with Gasteiger partial charge in [-0.05, 0) is 0 Å². The van der Waals surface area contributed by atoms with E-state index in [0.29, 0.717) is 0 Å². The van der Waals surface area contributed by atoms with E-state index in [9.17, 15) is 4.79 Å². The zero-order valence-electron chi connectivity index (χ0n) is 3.85. The Kier molecular flexibility index (Phi) is 9.80. The summed E-state index contributed by atoms with van der Waals surface area (Å²) in [5.41, 5.74) is 6.35. The van der Waals surface area contributed by atoms with Gasteiger partial charge >= 0.3 is 5.97 Å². The van der Waals surface area contributed by atoms with Crippen molar-refractivity contribution in [3.05, 3.63) is 5.73 Å². The maximum atomic E-state index is 9.48. The topological polar surface area (TPSA) is 61.1 Å². The smallest absolute Gasteiger partial charge is 0.301 e. The minimum atomic E-state index is -0.898. The molecule has 2 N–H and O–H groups in total. The van der Waals surface area contributed by atoms with Gasteiger partial charge in [-0.2, -0.15) is 0 Å². The van der Waals surface area contributed by atoms with E-state index in [1.807, 2.05) is 0 Å². The van der Waals surface area contributed by atoms with E-state index in [2.05, 4.69) is 0 Å². The van der Waals surface area contributed by atoms with Crippen molar-refractivity contribution in [1.29, 1.82) is 0 Å². The summed E-state index contributed by atoms with van der Waals surface area (Å²) in [4.78, 5) is 9.48. The molecular formula is C3H6NO2Y-. The first-order valence-corrected chi connectivity index (χ1v) is 1.63. The van der Waals surface area contributed by atoms with Gasteiger partial charge < -0.3 is 10.8 Å². The van der Waals surface area contributed by atoms with Crippen molar-refractivity contribution >= 4 is 5.97 Å². The summed E-state index contributed by atoms with van der Waals surface area (Å²) in [7, 11) is 0. The van der Waals surface area contributed by atoms with E-state index >= 15 is 0 Å². The zero-order valence-corrected chi connectivity index (χ0v) is 6.69. The second-order valence-corrected chi connectivity index (χ2v) is 0.894. The van der Waals surface area contributed by atoms with Crippen molar-refractivity contribution in [3.63, 3.8) is 0 Å². The third kappa shape index (κ3) is 10.8. The fraction of sp³-hybridized carbons (Fsp3) is 0.667. The van der Waals surface area contributed by atoms with Crippen LogP contribution in [0.3, 0.4) is 0 Å². The van der Waals surface area contributed by atoms with Crippen molar-refractivity contribution in [2.24, 2.45) is 0 Å². The Morgan fingerprint density at radius 3 is 2.14 bits per heavy atom. The number of rotatable bonds is 2. The second-order valence-electron chi connectivity index (χ2n) is 0.894. The normalized spacial score (nSPS) is 7.00. The zero-order chi connectivity index (χ0) is 4.99. The maximum Gasteiger partial charge on any atom is 0.301 e. The minimum Gasteiger partial charge on any atom is -0.677 e. The summed E-state index contributed by atoms with van der Waals surface area (Å²) in [6.45, 7) is -0.0185. The molecule has 1 radical (unpaired) electrons. The molecule has 3 nitrogen and oxygen atoms in total. The van der Waals surface area contributed by atoms with Crippen LogP contribution in [0.5, 0.6) is 0 Å². The summed E-state index contributed by atoms with van der Waals surface area (Å²) in [5.74, 6) is -0.898. The third-order valence-electron chi connectivity index (χ3n) is 0.339. The van der Waals surface area contributed by atoms with E-state index in [-0.39, 0.29) is 45.7 Å². The van der Waals surface area contributed by atoms with Gasteiger partial charge in [0.15, 0.2) is 0 Å². The molecule has 0 bridgehead atoms. The summed E-state index contributed by atoms with van der Waals surface area (Å²) >= 11 is 0. The predicted molar refractivity (Wildman–Crippen MR) is 21.4 cm³/mol. The molecule has 0 atom stereocenters. The van der Waals surface area contributed by atoms with Crippen LogP contribution < -0.4 is 0 Å². The van der Waals surface area contributed by atoms with Crippen LogP contribution in [0, 0.1) is 0 Å². The average molecular weight is 177 g/mol. The Hall–Kier alpha value is 0.534. The Labute approximate surface area is 67.1 Å². The van der Waals surface area contributed by atoms with Gasteiger partial charge in [0.2, 0.25) is 0 Å². The number of carbonyl (C=O) groups is 1. The van der Waals surface area contributed by atoms with Crippen molar-refractivity contribution in [3.8, 4) is 0 Å². The molecule has 0 aromatic rings. The van der Waals surface area contributed by atoms with Crippen LogP contribution in [0.2, 0.25) is 0 Å². The van der Waals surface area contributed by atoms with E-state index in [4.69, 9.17) is 10.8 Å². The standard InChI is InChI=1S/C3H6NO2.Y/c4-2-1-3(5)6;/h4H,1-2H2,(H,5,6);/q-1;. The molecule has 0 aliphatic heterocycles.